The van der Waals surface area contributed by atoms with Gasteiger partial charge < -0.3 is 10.0 Å². The lowest BCUT2D eigenvalue weighted by molar-refractivity contribution is -0.132. The van der Waals surface area contributed by atoms with Gasteiger partial charge in [-0.3, -0.25) is 4.79 Å². The molecule has 0 atom stereocenters. The summed E-state index contributed by atoms with van der Waals surface area (Å²) in [5.74, 6) is 0.231. The lowest BCUT2D eigenvalue weighted by atomic mass is 10.2. The fraction of sp³-hybridized carbons (Fsp3) is 0.533. The van der Waals surface area contributed by atoms with Crippen LogP contribution in [-0.2, 0) is 11.3 Å². The molecule has 2 rings (SSSR count). The Morgan fingerprint density at radius 2 is 1.94 bits per heavy atom. The van der Waals surface area contributed by atoms with Gasteiger partial charge in [0, 0.05) is 25.6 Å². The third kappa shape index (κ3) is 3.84. The minimum absolute atomic E-state index is 0.176. The zero-order valence-electron chi connectivity index (χ0n) is 10.7. The summed E-state index contributed by atoms with van der Waals surface area (Å²) >= 11 is 0. The minimum atomic E-state index is 0.176. The zero-order valence-corrected chi connectivity index (χ0v) is 10.7. The highest BCUT2D eigenvalue weighted by Gasteiger charge is 2.31. The molecule has 0 radical (unpaired) electrons. The number of aliphatic hydroxyl groups is 1. The van der Waals surface area contributed by atoms with Crippen molar-refractivity contribution in [2.24, 2.45) is 0 Å². The Morgan fingerprint density at radius 1 is 1.22 bits per heavy atom. The van der Waals surface area contributed by atoms with Gasteiger partial charge in [0.2, 0.25) is 5.91 Å². The van der Waals surface area contributed by atoms with Gasteiger partial charge in [-0.2, -0.15) is 0 Å². The number of hydrogen-bond acceptors (Lipinski definition) is 2. The Hall–Kier alpha value is -1.35. The van der Waals surface area contributed by atoms with E-state index >= 15 is 0 Å². The van der Waals surface area contributed by atoms with Crippen LogP contribution in [0.1, 0.15) is 37.7 Å². The monoisotopic (exact) mass is 247 g/mol. The number of amides is 1. The van der Waals surface area contributed by atoms with Gasteiger partial charge in [0.05, 0.1) is 0 Å². The fourth-order valence-electron chi connectivity index (χ4n) is 2.12. The first-order valence-electron chi connectivity index (χ1n) is 6.75. The van der Waals surface area contributed by atoms with Crippen LogP contribution >= 0.6 is 0 Å². The van der Waals surface area contributed by atoms with Gasteiger partial charge in [0.1, 0.15) is 0 Å². The zero-order chi connectivity index (χ0) is 12.8. The van der Waals surface area contributed by atoms with E-state index in [2.05, 4.69) is 12.1 Å². The standard InChI is InChI=1S/C15H21NO2/c17-11-5-4-8-15(18)16(14-9-10-14)12-13-6-2-1-3-7-13/h1-3,6-7,14,17H,4-5,8-12H2. The Balaban J connectivity index is 1.89. The number of rotatable bonds is 7. The van der Waals surface area contributed by atoms with Crippen LogP contribution in [0.3, 0.4) is 0 Å². The average molecular weight is 247 g/mol. The van der Waals surface area contributed by atoms with E-state index in [1.807, 2.05) is 23.1 Å². The molecule has 0 heterocycles. The van der Waals surface area contributed by atoms with Gasteiger partial charge in [-0.25, -0.2) is 0 Å². The lowest BCUT2D eigenvalue weighted by Crippen LogP contribution is -2.32. The van der Waals surface area contributed by atoms with Crippen molar-refractivity contribution in [2.75, 3.05) is 6.61 Å². The average Bonchev–Trinajstić information content (AvgIpc) is 3.21. The molecule has 1 amide bonds. The van der Waals surface area contributed by atoms with Crippen molar-refractivity contribution >= 4 is 5.91 Å². The second kappa shape index (κ2) is 6.55. The van der Waals surface area contributed by atoms with E-state index in [0.29, 0.717) is 12.5 Å². The summed E-state index contributed by atoms with van der Waals surface area (Å²) in [4.78, 5) is 14.2. The summed E-state index contributed by atoms with van der Waals surface area (Å²) in [6.45, 7) is 0.902. The molecule has 18 heavy (non-hydrogen) atoms. The molecule has 1 saturated carbocycles. The van der Waals surface area contributed by atoms with Crippen LogP contribution in [0.2, 0.25) is 0 Å². The van der Waals surface area contributed by atoms with Crippen molar-refractivity contribution in [1.82, 2.24) is 4.90 Å². The highest BCUT2D eigenvalue weighted by molar-refractivity contribution is 5.76. The van der Waals surface area contributed by atoms with Crippen molar-refractivity contribution in [2.45, 2.75) is 44.7 Å². The molecular weight excluding hydrogens is 226 g/mol. The van der Waals surface area contributed by atoms with Crippen LogP contribution < -0.4 is 0 Å². The molecule has 1 aliphatic carbocycles. The van der Waals surface area contributed by atoms with Gasteiger partial charge in [-0.1, -0.05) is 30.3 Å². The molecule has 0 aromatic heterocycles. The summed E-state index contributed by atoms with van der Waals surface area (Å²) in [5, 5.41) is 8.75. The van der Waals surface area contributed by atoms with Crippen LogP contribution in [0.25, 0.3) is 0 Å². The molecule has 0 aliphatic heterocycles. The van der Waals surface area contributed by atoms with Crippen molar-refractivity contribution in [3.05, 3.63) is 35.9 Å². The number of nitrogens with zero attached hydrogens (tertiary/aromatic N) is 1. The van der Waals surface area contributed by atoms with E-state index in [1.165, 1.54) is 5.56 Å². The van der Waals surface area contributed by atoms with Gasteiger partial charge >= 0.3 is 0 Å². The van der Waals surface area contributed by atoms with Gasteiger partial charge in [0.15, 0.2) is 0 Å². The molecule has 0 spiro atoms. The molecule has 0 bridgehead atoms. The Bertz CT molecular complexity index is 373. The first kappa shape index (κ1) is 13.1. The maximum absolute atomic E-state index is 12.1. The third-order valence-electron chi connectivity index (χ3n) is 3.30. The summed E-state index contributed by atoms with van der Waals surface area (Å²) in [7, 11) is 0. The Morgan fingerprint density at radius 3 is 2.56 bits per heavy atom. The topological polar surface area (TPSA) is 40.5 Å². The van der Waals surface area contributed by atoms with Crippen LogP contribution in [0.15, 0.2) is 30.3 Å². The molecule has 98 valence electrons. The first-order chi connectivity index (χ1) is 8.81. The van der Waals surface area contributed by atoms with Crippen molar-refractivity contribution in [1.29, 1.82) is 0 Å². The van der Waals surface area contributed by atoms with Gasteiger partial charge in [-0.15, -0.1) is 0 Å². The van der Waals surface area contributed by atoms with Crippen molar-refractivity contribution < 1.29 is 9.90 Å². The van der Waals surface area contributed by atoms with Crippen LogP contribution in [0, 0.1) is 0 Å². The summed E-state index contributed by atoms with van der Waals surface area (Å²) in [5.41, 5.74) is 1.19. The molecule has 1 aromatic carbocycles. The second-order valence-corrected chi connectivity index (χ2v) is 4.92. The van der Waals surface area contributed by atoms with Crippen LogP contribution in [0.5, 0.6) is 0 Å². The maximum Gasteiger partial charge on any atom is 0.223 e. The van der Waals surface area contributed by atoms with E-state index in [1.54, 1.807) is 0 Å². The smallest absolute Gasteiger partial charge is 0.223 e. The van der Waals surface area contributed by atoms with Gasteiger partial charge in [-0.05, 0) is 31.2 Å². The quantitative estimate of drug-likeness (QED) is 0.751. The molecule has 3 nitrogen and oxygen atoms in total. The number of carbonyl (C=O) groups excluding carboxylic acids is 1. The lowest BCUT2D eigenvalue weighted by Gasteiger charge is -2.22. The van der Waals surface area contributed by atoms with Crippen molar-refractivity contribution in [3.63, 3.8) is 0 Å². The summed E-state index contributed by atoms with van der Waals surface area (Å²) in [6.07, 6.45) is 4.34. The number of aliphatic hydroxyl groups excluding tert-OH is 1. The minimum Gasteiger partial charge on any atom is -0.396 e. The SMILES string of the molecule is O=C(CCCCO)N(Cc1ccccc1)C1CC1. The predicted octanol–water partition coefficient (Wildman–Crippen LogP) is 2.34. The molecule has 1 aromatic rings. The number of carbonyl (C=O) groups is 1. The molecular formula is C15H21NO2. The number of unbranched alkanes of at least 4 members (excludes halogenated alkanes) is 1. The van der Waals surface area contributed by atoms with E-state index in [4.69, 9.17) is 5.11 Å². The molecule has 1 fully saturated rings. The highest BCUT2D eigenvalue weighted by Crippen LogP contribution is 2.29. The number of benzene rings is 1. The van der Waals surface area contributed by atoms with E-state index in [0.717, 1.165) is 32.2 Å². The Labute approximate surface area is 108 Å². The van der Waals surface area contributed by atoms with Crippen molar-refractivity contribution in [3.8, 4) is 0 Å². The molecule has 3 heteroatoms. The first-order valence-corrected chi connectivity index (χ1v) is 6.75. The summed E-state index contributed by atoms with van der Waals surface area (Å²) < 4.78 is 0. The van der Waals surface area contributed by atoms with Gasteiger partial charge in [0.25, 0.3) is 0 Å². The molecule has 1 aliphatic rings. The second-order valence-electron chi connectivity index (χ2n) is 4.92. The highest BCUT2D eigenvalue weighted by atomic mass is 16.3. The molecule has 1 N–H and O–H groups in total. The molecule has 0 saturated heterocycles. The largest absolute Gasteiger partial charge is 0.396 e. The van der Waals surface area contributed by atoms with Crippen LogP contribution in [0.4, 0.5) is 0 Å². The Kier molecular flexibility index (Phi) is 4.76. The normalized spacial score (nSPS) is 14.5. The van der Waals surface area contributed by atoms with E-state index in [-0.39, 0.29) is 12.5 Å². The number of hydrogen-bond donors (Lipinski definition) is 1. The maximum atomic E-state index is 12.1. The summed E-state index contributed by atoms with van der Waals surface area (Å²) in [6, 6.07) is 10.6. The predicted molar refractivity (Wildman–Crippen MR) is 71.0 cm³/mol. The molecule has 0 unspecified atom stereocenters. The van der Waals surface area contributed by atoms with Crippen LogP contribution in [-0.4, -0.2) is 28.6 Å². The fourth-order valence-corrected chi connectivity index (χ4v) is 2.12. The third-order valence-corrected chi connectivity index (χ3v) is 3.30. The van der Waals surface area contributed by atoms with E-state index in [9.17, 15) is 4.79 Å². The van der Waals surface area contributed by atoms with E-state index < -0.39 is 0 Å².